The van der Waals surface area contributed by atoms with E-state index >= 15 is 0 Å². The SMILES string of the molecule is CN(C)CCOc1cccc(NC(=O)C2(CN)CCOCC2)c1.Cl.Cl. The molecule has 0 unspecified atom stereocenters. The van der Waals surface area contributed by atoms with Gasteiger partial charge in [0, 0.05) is 38.1 Å². The van der Waals surface area contributed by atoms with Gasteiger partial charge in [0.05, 0.1) is 5.41 Å². The molecule has 1 amide bonds. The van der Waals surface area contributed by atoms with Gasteiger partial charge < -0.3 is 25.4 Å². The smallest absolute Gasteiger partial charge is 0.232 e. The summed E-state index contributed by atoms with van der Waals surface area (Å²) in [5.74, 6) is 0.715. The van der Waals surface area contributed by atoms with Gasteiger partial charge >= 0.3 is 0 Å². The molecule has 1 heterocycles. The van der Waals surface area contributed by atoms with E-state index in [0.717, 1.165) is 18.0 Å². The quantitative estimate of drug-likeness (QED) is 0.741. The Hall–Kier alpha value is -1.05. The molecule has 1 aromatic carbocycles. The summed E-state index contributed by atoms with van der Waals surface area (Å²) < 4.78 is 11.0. The van der Waals surface area contributed by atoms with Crippen LogP contribution in [0, 0.1) is 5.41 Å². The highest BCUT2D eigenvalue weighted by Gasteiger charge is 2.38. The lowest BCUT2D eigenvalue weighted by atomic mass is 9.79. The molecule has 0 aromatic heterocycles. The molecule has 0 spiro atoms. The van der Waals surface area contributed by atoms with Gasteiger partial charge in [0.2, 0.25) is 5.91 Å². The Morgan fingerprint density at radius 1 is 1.32 bits per heavy atom. The molecule has 25 heavy (non-hydrogen) atoms. The van der Waals surface area contributed by atoms with E-state index in [1.165, 1.54) is 0 Å². The first-order valence-electron chi connectivity index (χ1n) is 8.03. The lowest BCUT2D eigenvalue weighted by Crippen LogP contribution is -2.46. The molecular formula is C17H29Cl2N3O3. The number of nitrogens with one attached hydrogen (secondary N) is 1. The molecule has 1 aromatic rings. The van der Waals surface area contributed by atoms with Crippen molar-refractivity contribution in [3.05, 3.63) is 24.3 Å². The zero-order chi connectivity index (χ0) is 16.7. The largest absolute Gasteiger partial charge is 0.492 e. The van der Waals surface area contributed by atoms with Crippen molar-refractivity contribution in [3.63, 3.8) is 0 Å². The molecule has 144 valence electrons. The summed E-state index contributed by atoms with van der Waals surface area (Å²) in [4.78, 5) is 14.7. The number of nitrogens with two attached hydrogens (primary N) is 1. The number of nitrogens with zero attached hydrogens (tertiary/aromatic N) is 1. The maximum atomic E-state index is 12.6. The Morgan fingerprint density at radius 3 is 2.60 bits per heavy atom. The fourth-order valence-corrected chi connectivity index (χ4v) is 2.56. The number of amides is 1. The average molecular weight is 394 g/mol. The van der Waals surface area contributed by atoms with Gasteiger partial charge in [-0.2, -0.15) is 0 Å². The third-order valence-electron chi connectivity index (χ3n) is 4.22. The van der Waals surface area contributed by atoms with Crippen LogP contribution in [-0.2, 0) is 9.53 Å². The van der Waals surface area contributed by atoms with Crippen LogP contribution in [0.15, 0.2) is 24.3 Å². The van der Waals surface area contributed by atoms with Crippen LogP contribution in [0.5, 0.6) is 5.75 Å². The van der Waals surface area contributed by atoms with Gasteiger partial charge in [-0.25, -0.2) is 0 Å². The van der Waals surface area contributed by atoms with E-state index < -0.39 is 5.41 Å². The van der Waals surface area contributed by atoms with E-state index in [-0.39, 0.29) is 30.7 Å². The molecule has 1 fully saturated rings. The van der Waals surface area contributed by atoms with E-state index in [4.69, 9.17) is 15.2 Å². The molecule has 8 heteroatoms. The van der Waals surface area contributed by atoms with E-state index in [1.807, 2.05) is 38.4 Å². The highest BCUT2D eigenvalue weighted by atomic mass is 35.5. The summed E-state index contributed by atoms with van der Waals surface area (Å²) in [7, 11) is 4.00. The Kier molecular flexibility index (Phi) is 11.1. The first-order chi connectivity index (χ1) is 11.1. The van der Waals surface area contributed by atoms with Crippen molar-refractivity contribution >= 4 is 36.4 Å². The zero-order valence-electron chi connectivity index (χ0n) is 14.8. The second-order valence-corrected chi connectivity index (χ2v) is 6.23. The monoisotopic (exact) mass is 393 g/mol. The van der Waals surface area contributed by atoms with Crippen LogP contribution >= 0.6 is 24.8 Å². The van der Waals surface area contributed by atoms with Crippen LogP contribution in [0.4, 0.5) is 5.69 Å². The van der Waals surface area contributed by atoms with Gasteiger partial charge in [0.15, 0.2) is 0 Å². The minimum Gasteiger partial charge on any atom is -0.492 e. The molecule has 1 saturated heterocycles. The maximum Gasteiger partial charge on any atom is 0.232 e. The fraction of sp³-hybridized carbons (Fsp3) is 0.588. The fourth-order valence-electron chi connectivity index (χ4n) is 2.56. The molecule has 0 aliphatic carbocycles. The first kappa shape index (κ1) is 23.9. The molecule has 0 bridgehead atoms. The average Bonchev–Trinajstić information content (AvgIpc) is 2.55. The number of likely N-dealkylation sites (N-methyl/N-ethyl adjacent to an activating group) is 1. The van der Waals surface area contributed by atoms with Crippen molar-refractivity contribution in [2.45, 2.75) is 12.8 Å². The van der Waals surface area contributed by atoms with Crippen molar-refractivity contribution in [1.82, 2.24) is 4.90 Å². The summed E-state index contributed by atoms with van der Waals surface area (Å²) in [6, 6.07) is 7.47. The van der Waals surface area contributed by atoms with Gasteiger partial charge in [-0.1, -0.05) is 6.07 Å². The minimum atomic E-state index is -0.528. The van der Waals surface area contributed by atoms with Crippen molar-refractivity contribution in [2.24, 2.45) is 11.1 Å². The van der Waals surface area contributed by atoms with E-state index in [2.05, 4.69) is 10.2 Å². The summed E-state index contributed by atoms with van der Waals surface area (Å²) in [5.41, 5.74) is 6.08. The van der Waals surface area contributed by atoms with Crippen LogP contribution in [0.1, 0.15) is 12.8 Å². The summed E-state index contributed by atoms with van der Waals surface area (Å²) in [5, 5.41) is 2.98. The first-order valence-corrected chi connectivity index (χ1v) is 8.03. The highest BCUT2D eigenvalue weighted by molar-refractivity contribution is 5.95. The third kappa shape index (κ3) is 6.99. The van der Waals surface area contributed by atoms with Crippen LogP contribution < -0.4 is 15.8 Å². The van der Waals surface area contributed by atoms with Crippen LogP contribution in [0.2, 0.25) is 0 Å². The highest BCUT2D eigenvalue weighted by Crippen LogP contribution is 2.31. The number of benzene rings is 1. The number of halogens is 2. The van der Waals surface area contributed by atoms with Crippen molar-refractivity contribution in [2.75, 3.05) is 52.3 Å². The Bertz CT molecular complexity index is 524. The van der Waals surface area contributed by atoms with Gasteiger partial charge in [-0.05, 0) is 39.1 Å². The summed E-state index contributed by atoms with van der Waals surface area (Å²) in [6.07, 6.45) is 1.32. The van der Waals surface area contributed by atoms with Gasteiger partial charge in [0.25, 0.3) is 0 Å². The molecule has 0 atom stereocenters. The molecule has 1 aliphatic rings. The zero-order valence-corrected chi connectivity index (χ0v) is 16.5. The van der Waals surface area contributed by atoms with E-state index in [0.29, 0.717) is 39.2 Å². The Labute approximate surface area is 162 Å². The van der Waals surface area contributed by atoms with Crippen molar-refractivity contribution in [1.29, 1.82) is 0 Å². The number of ether oxygens (including phenoxy) is 2. The maximum absolute atomic E-state index is 12.6. The number of carbonyl (C=O) groups excluding carboxylic acids is 1. The predicted molar refractivity (Wildman–Crippen MR) is 105 cm³/mol. The van der Waals surface area contributed by atoms with Gasteiger partial charge in [-0.3, -0.25) is 4.79 Å². The number of rotatable bonds is 7. The van der Waals surface area contributed by atoms with E-state index in [9.17, 15) is 4.79 Å². The topological polar surface area (TPSA) is 76.8 Å². The van der Waals surface area contributed by atoms with Crippen molar-refractivity contribution < 1.29 is 14.3 Å². The van der Waals surface area contributed by atoms with Crippen molar-refractivity contribution in [3.8, 4) is 5.75 Å². The number of hydrogen-bond acceptors (Lipinski definition) is 5. The Morgan fingerprint density at radius 2 is 2.00 bits per heavy atom. The molecule has 0 radical (unpaired) electrons. The third-order valence-corrected chi connectivity index (χ3v) is 4.22. The number of anilines is 1. The summed E-state index contributed by atoms with van der Waals surface area (Å²) in [6.45, 7) is 2.94. The number of hydrogen-bond donors (Lipinski definition) is 2. The normalized spacial score (nSPS) is 15.7. The lowest BCUT2D eigenvalue weighted by molar-refractivity contribution is -0.130. The van der Waals surface area contributed by atoms with Crippen LogP contribution in [-0.4, -0.2) is 57.8 Å². The lowest BCUT2D eigenvalue weighted by Gasteiger charge is -2.34. The minimum absolute atomic E-state index is 0. The Balaban J connectivity index is 0.00000288. The van der Waals surface area contributed by atoms with Crippen LogP contribution in [0.25, 0.3) is 0 Å². The molecular weight excluding hydrogens is 365 g/mol. The van der Waals surface area contributed by atoms with Crippen LogP contribution in [0.3, 0.4) is 0 Å². The van der Waals surface area contributed by atoms with E-state index in [1.54, 1.807) is 0 Å². The standard InChI is InChI=1S/C17H27N3O3.2ClH/c1-20(2)8-11-23-15-5-3-4-14(12-15)19-16(21)17(13-18)6-9-22-10-7-17;;/h3-5,12H,6-11,13,18H2,1-2H3,(H,19,21);2*1H. The molecule has 3 N–H and O–H groups in total. The molecule has 6 nitrogen and oxygen atoms in total. The molecule has 2 rings (SSSR count). The molecule has 1 aliphatic heterocycles. The van der Waals surface area contributed by atoms with Gasteiger partial charge in [-0.15, -0.1) is 24.8 Å². The second kappa shape index (κ2) is 11.5. The molecule has 0 saturated carbocycles. The predicted octanol–water partition coefficient (Wildman–Crippen LogP) is 2.16. The second-order valence-electron chi connectivity index (χ2n) is 6.23. The van der Waals surface area contributed by atoms with Gasteiger partial charge in [0.1, 0.15) is 12.4 Å². The number of carbonyl (C=O) groups is 1. The summed E-state index contributed by atoms with van der Waals surface area (Å²) >= 11 is 0.